The van der Waals surface area contributed by atoms with Crippen LogP contribution in [0.3, 0.4) is 0 Å². The number of rotatable bonds is 6. The second kappa shape index (κ2) is 7.30. The number of nitrogens with zero attached hydrogens (tertiary/aromatic N) is 1. The van der Waals surface area contributed by atoms with Crippen LogP contribution in [0.15, 0.2) is 30.9 Å². The van der Waals surface area contributed by atoms with Crippen molar-refractivity contribution >= 4 is 17.6 Å². The molecule has 0 atom stereocenters. The van der Waals surface area contributed by atoms with E-state index in [0.29, 0.717) is 19.0 Å². The summed E-state index contributed by atoms with van der Waals surface area (Å²) in [6, 6.07) is 6.10. The highest BCUT2D eigenvalue weighted by molar-refractivity contribution is 5.92. The molecular weight excluding hydrogens is 314 g/mol. The van der Waals surface area contributed by atoms with Gasteiger partial charge in [-0.2, -0.15) is 0 Å². The van der Waals surface area contributed by atoms with Crippen molar-refractivity contribution in [3.63, 3.8) is 0 Å². The Bertz CT molecular complexity index is 674. The highest BCUT2D eigenvalue weighted by Gasteiger charge is 2.36. The second-order valence-corrected chi connectivity index (χ2v) is 7.34. The number of anilines is 1. The molecule has 2 aliphatic rings. The molecule has 0 unspecified atom stereocenters. The standard InChI is InChI=1S/C20H27N3O2/c1-4-6-14-7-5-8-17(13(2)3)18(14)22-20(25)23-11-16(12-23)21-19(24)15-9-10-15/h4-5,7-8,13,15-16H,1,6,9-12H2,2-3H3,(H,21,24)(H,22,25). The molecule has 1 aliphatic heterocycles. The Balaban J connectivity index is 1.61. The average molecular weight is 341 g/mol. The van der Waals surface area contributed by atoms with Crippen LogP contribution in [0.4, 0.5) is 10.5 Å². The van der Waals surface area contributed by atoms with E-state index in [2.05, 4.69) is 37.1 Å². The molecule has 1 aromatic carbocycles. The maximum Gasteiger partial charge on any atom is 0.322 e. The number of likely N-dealkylation sites (tertiary alicyclic amines) is 1. The number of carbonyl (C=O) groups is 2. The monoisotopic (exact) mass is 341 g/mol. The van der Waals surface area contributed by atoms with Crippen LogP contribution in [-0.2, 0) is 11.2 Å². The molecule has 1 saturated heterocycles. The van der Waals surface area contributed by atoms with E-state index in [1.54, 1.807) is 4.90 Å². The van der Waals surface area contributed by atoms with Gasteiger partial charge in [-0.05, 0) is 36.3 Å². The van der Waals surface area contributed by atoms with Gasteiger partial charge in [0.1, 0.15) is 0 Å². The van der Waals surface area contributed by atoms with Crippen LogP contribution in [-0.4, -0.2) is 36.0 Å². The molecule has 0 aromatic heterocycles. The van der Waals surface area contributed by atoms with E-state index in [9.17, 15) is 9.59 Å². The summed E-state index contributed by atoms with van der Waals surface area (Å²) in [5.74, 6) is 0.674. The molecule has 25 heavy (non-hydrogen) atoms. The minimum atomic E-state index is -0.102. The molecule has 0 spiro atoms. The fourth-order valence-corrected chi connectivity index (χ4v) is 3.17. The molecular formula is C20H27N3O2. The third-order valence-corrected chi connectivity index (χ3v) is 4.86. The number of hydrogen-bond acceptors (Lipinski definition) is 2. The lowest BCUT2D eigenvalue weighted by atomic mass is 9.96. The quantitative estimate of drug-likeness (QED) is 0.780. The van der Waals surface area contributed by atoms with Gasteiger partial charge in [-0.3, -0.25) is 4.79 Å². The number of para-hydroxylation sites is 1. The average Bonchev–Trinajstić information content (AvgIpc) is 3.36. The smallest absolute Gasteiger partial charge is 0.322 e. The Morgan fingerprint density at radius 2 is 2.04 bits per heavy atom. The summed E-state index contributed by atoms with van der Waals surface area (Å²) in [4.78, 5) is 26.1. The third-order valence-electron chi connectivity index (χ3n) is 4.86. The molecule has 3 amide bonds. The Labute approximate surface area is 149 Å². The van der Waals surface area contributed by atoms with Crippen LogP contribution < -0.4 is 10.6 Å². The number of benzene rings is 1. The zero-order valence-corrected chi connectivity index (χ0v) is 15.0. The van der Waals surface area contributed by atoms with E-state index in [4.69, 9.17) is 0 Å². The van der Waals surface area contributed by atoms with Gasteiger partial charge < -0.3 is 15.5 Å². The molecule has 0 bridgehead atoms. The zero-order chi connectivity index (χ0) is 18.0. The van der Waals surface area contributed by atoms with Crippen molar-refractivity contribution in [2.24, 2.45) is 5.92 Å². The summed E-state index contributed by atoms with van der Waals surface area (Å²) in [6.07, 6.45) is 4.57. The van der Waals surface area contributed by atoms with Crippen molar-refractivity contribution in [1.82, 2.24) is 10.2 Å². The molecule has 1 aliphatic carbocycles. The molecule has 0 radical (unpaired) electrons. The number of hydrogen-bond donors (Lipinski definition) is 2. The highest BCUT2D eigenvalue weighted by atomic mass is 16.2. The minimum absolute atomic E-state index is 0.0897. The van der Waals surface area contributed by atoms with E-state index in [1.807, 2.05) is 18.2 Å². The van der Waals surface area contributed by atoms with Crippen molar-refractivity contribution < 1.29 is 9.59 Å². The normalized spacial score (nSPS) is 17.2. The summed E-state index contributed by atoms with van der Waals surface area (Å²) in [6.45, 7) is 9.20. The van der Waals surface area contributed by atoms with Gasteiger partial charge in [0.2, 0.25) is 5.91 Å². The van der Waals surface area contributed by atoms with E-state index in [-0.39, 0.29) is 23.9 Å². The molecule has 134 valence electrons. The number of nitrogens with one attached hydrogen (secondary N) is 2. The van der Waals surface area contributed by atoms with Crippen LogP contribution in [0, 0.1) is 5.92 Å². The second-order valence-electron chi connectivity index (χ2n) is 7.34. The highest BCUT2D eigenvalue weighted by Crippen LogP contribution is 2.30. The van der Waals surface area contributed by atoms with Crippen molar-refractivity contribution in [2.75, 3.05) is 18.4 Å². The number of urea groups is 1. The molecule has 5 heteroatoms. The lowest BCUT2D eigenvalue weighted by Gasteiger charge is -2.39. The molecule has 1 saturated carbocycles. The molecule has 2 fully saturated rings. The van der Waals surface area contributed by atoms with E-state index < -0.39 is 0 Å². The maximum absolute atomic E-state index is 12.6. The van der Waals surface area contributed by atoms with Gasteiger partial charge in [-0.25, -0.2) is 4.79 Å². The first-order valence-electron chi connectivity index (χ1n) is 9.08. The zero-order valence-electron chi connectivity index (χ0n) is 15.0. The van der Waals surface area contributed by atoms with Crippen molar-refractivity contribution in [3.8, 4) is 0 Å². The summed E-state index contributed by atoms with van der Waals surface area (Å²) >= 11 is 0. The van der Waals surface area contributed by atoms with E-state index >= 15 is 0 Å². The lowest BCUT2D eigenvalue weighted by molar-refractivity contribution is -0.123. The van der Waals surface area contributed by atoms with Gasteiger partial charge >= 0.3 is 6.03 Å². The van der Waals surface area contributed by atoms with Gasteiger partial charge in [0.25, 0.3) is 0 Å². The SMILES string of the molecule is C=CCc1cccc(C(C)C)c1NC(=O)N1CC(NC(=O)C2CC2)C1. The fourth-order valence-electron chi connectivity index (χ4n) is 3.17. The first-order chi connectivity index (χ1) is 12.0. The predicted molar refractivity (Wildman–Crippen MR) is 99.7 cm³/mol. The van der Waals surface area contributed by atoms with Gasteiger partial charge in [-0.1, -0.05) is 38.1 Å². The molecule has 3 rings (SSSR count). The number of amides is 3. The maximum atomic E-state index is 12.6. The van der Waals surface area contributed by atoms with Crippen LogP contribution in [0.25, 0.3) is 0 Å². The minimum Gasteiger partial charge on any atom is -0.350 e. The number of allylic oxidation sites excluding steroid dienone is 1. The summed E-state index contributed by atoms with van der Waals surface area (Å²) < 4.78 is 0. The Kier molecular flexibility index (Phi) is 5.11. The van der Waals surface area contributed by atoms with Crippen molar-refractivity contribution in [3.05, 3.63) is 42.0 Å². The van der Waals surface area contributed by atoms with Crippen molar-refractivity contribution in [2.45, 2.75) is 45.1 Å². The van der Waals surface area contributed by atoms with Gasteiger partial charge in [0.15, 0.2) is 0 Å². The molecule has 2 N–H and O–H groups in total. The third kappa shape index (κ3) is 4.03. The van der Waals surface area contributed by atoms with E-state index in [1.165, 1.54) is 0 Å². The summed E-state index contributed by atoms with van der Waals surface area (Å²) in [5, 5.41) is 6.10. The predicted octanol–water partition coefficient (Wildman–Crippen LogP) is 3.28. The van der Waals surface area contributed by atoms with Gasteiger partial charge in [0, 0.05) is 24.7 Å². The van der Waals surface area contributed by atoms with E-state index in [0.717, 1.165) is 36.1 Å². The Morgan fingerprint density at radius 1 is 1.32 bits per heavy atom. The van der Waals surface area contributed by atoms with Gasteiger partial charge in [0.05, 0.1) is 6.04 Å². The van der Waals surface area contributed by atoms with Crippen LogP contribution in [0.5, 0.6) is 0 Å². The molecule has 5 nitrogen and oxygen atoms in total. The molecule has 1 heterocycles. The Morgan fingerprint density at radius 3 is 2.64 bits per heavy atom. The molecule has 1 aromatic rings. The summed E-state index contributed by atoms with van der Waals surface area (Å²) in [7, 11) is 0. The van der Waals surface area contributed by atoms with Crippen LogP contribution in [0.1, 0.15) is 43.7 Å². The largest absolute Gasteiger partial charge is 0.350 e. The summed E-state index contributed by atoms with van der Waals surface area (Å²) in [5.41, 5.74) is 3.10. The topological polar surface area (TPSA) is 61.4 Å². The Hall–Kier alpha value is -2.30. The van der Waals surface area contributed by atoms with Crippen molar-refractivity contribution in [1.29, 1.82) is 0 Å². The fraction of sp³-hybridized carbons (Fsp3) is 0.500. The van der Waals surface area contributed by atoms with Crippen LogP contribution >= 0.6 is 0 Å². The first kappa shape index (κ1) is 17.5. The van der Waals surface area contributed by atoms with Gasteiger partial charge in [-0.15, -0.1) is 6.58 Å². The lowest BCUT2D eigenvalue weighted by Crippen LogP contribution is -2.62. The van der Waals surface area contributed by atoms with Crippen LogP contribution in [0.2, 0.25) is 0 Å². The first-order valence-corrected chi connectivity index (χ1v) is 9.08. The number of carbonyl (C=O) groups excluding carboxylic acids is 2.